The van der Waals surface area contributed by atoms with E-state index >= 15 is 0 Å². The van der Waals surface area contributed by atoms with Gasteiger partial charge in [0.15, 0.2) is 0 Å². The highest BCUT2D eigenvalue weighted by Gasteiger charge is 1.99. The summed E-state index contributed by atoms with van der Waals surface area (Å²) in [6, 6.07) is 10.6. The predicted octanol–water partition coefficient (Wildman–Crippen LogP) is 2.47. The molecule has 0 unspecified atom stereocenters. The summed E-state index contributed by atoms with van der Waals surface area (Å²) in [5.74, 6) is 0. The molecule has 0 bridgehead atoms. The van der Waals surface area contributed by atoms with Gasteiger partial charge in [-0.25, -0.2) is 0 Å². The van der Waals surface area contributed by atoms with E-state index in [1.54, 1.807) is 0 Å². The Kier molecular flexibility index (Phi) is 3.02. The molecule has 0 atom stereocenters. The summed E-state index contributed by atoms with van der Waals surface area (Å²) in [5, 5.41) is 3.31. The number of allylic oxidation sites excluding steroid dienone is 3. The van der Waals surface area contributed by atoms with E-state index < -0.39 is 0 Å². The molecule has 0 saturated carbocycles. The summed E-state index contributed by atoms with van der Waals surface area (Å²) in [7, 11) is 0. The van der Waals surface area contributed by atoms with Gasteiger partial charge < -0.3 is 5.32 Å². The molecule has 0 spiro atoms. The van der Waals surface area contributed by atoms with Crippen LogP contribution in [0.4, 0.5) is 0 Å². The van der Waals surface area contributed by atoms with Crippen LogP contribution in [0, 0.1) is 6.08 Å². The molecule has 1 radical (unpaired) electrons. The van der Waals surface area contributed by atoms with Crippen molar-refractivity contribution in [3.63, 3.8) is 0 Å². The minimum atomic E-state index is 0.942. The highest BCUT2D eigenvalue weighted by Crippen LogP contribution is 2.08. The van der Waals surface area contributed by atoms with E-state index in [-0.39, 0.29) is 0 Å². The lowest BCUT2D eigenvalue weighted by molar-refractivity contribution is 0.785. The number of benzene rings is 1. The molecule has 14 heavy (non-hydrogen) atoms. The van der Waals surface area contributed by atoms with Crippen molar-refractivity contribution in [2.75, 3.05) is 6.54 Å². The average molecular weight is 184 g/mol. The minimum Gasteiger partial charge on any atom is -0.384 e. The number of rotatable bonds is 3. The zero-order valence-corrected chi connectivity index (χ0v) is 8.16. The first-order valence-corrected chi connectivity index (χ1v) is 5.00. The van der Waals surface area contributed by atoms with Crippen molar-refractivity contribution < 1.29 is 0 Å². The molecule has 1 N–H and O–H groups in total. The maximum absolute atomic E-state index is 3.31. The summed E-state index contributed by atoms with van der Waals surface area (Å²) < 4.78 is 0. The Hall–Kier alpha value is -1.50. The van der Waals surface area contributed by atoms with Crippen molar-refractivity contribution in [1.29, 1.82) is 0 Å². The van der Waals surface area contributed by atoms with E-state index in [0.29, 0.717) is 0 Å². The predicted molar refractivity (Wildman–Crippen MR) is 58.7 cm³/mol. The van der Waals surface area contributed by atoms with E-state index in [2.05, 4.69) is 47.8 Å². The lowest BCUT2D eigenvalue weighted by atomic mass is 10.1. The Morgan fingerprint density at radius 2 is 2.00 bits per heavy atom. The highest BCUT2D eigenvalue weighted by atomic mass is 14.9. The smallest absolute Gasteiger partial charge is 0.0331 e. The Labute approximate surface area is 85.2 Å². The van der Waals surface area contributed by atoms with Crippen LogP contribution in [0.1, 0.15) is 12.0 Å². The van der Waals surface area contributed by atoms with Crippen molar-refractivity contribution in [3.8, 4) is 0 Å². The number of nitrogens with one attached hydrogen (secondary N) is 1. The van der Waals surface area contributed by atoms with E-state index in [9.17, 15) is 0 Å². The van der Waals surface area contributed by atoms with E-state index in [0.717, 1.165) is 19.4 Å². The van der Waals surface area contributed by atoms with Crippen LogP contribution in [0.15, 0.2) is 48.2 Å². The van der Waals surface area contributed by atoms with Crippen molar-refractivity contribution in [2.45, 2.75) is 12.8 Å². The number of dihydropyridines is 1. The molecule has 1 aromatic carbocycles. The molecule has 0 amide bonds. The van der Waals surface area contributed by atoms with Gasteiger partial charge in [0, 0.05) is 18.3 Å². The first kappa shape index (κ1) is 9.07. The van der Waals surface area contributed by atoms with Gasteiger partial charge in [-0.2, -0.15) is 0 Å². The molecule has 1 nitrogen and oxygen atoms in total. The first-order valence-electron chi connectivity index (χ1n) is 5.00. The molecule has 0 saturated heterocycles. The van der Waals surface area contributed by atoms with Crippen LogP contribution < -0.4 is 5.32 Å². The van der Waals surface area contributed by atoms with Crippen LogP contribution in [-0.4, -0.2) is 6.54 Å². The molecule has 1 heterocycles. The molecular weight excluding hydrogens is 170 g/mol. The quantitative estimate of drug-likeness (QED) is 0.761. The van der Waals surface area contributed by atoms with Crippen LogP contribution in [0.2, 0.25) is 0 Å². The van der Waals surface area contributed by atoms with Crippen LogP contribution in [0.3, 0.4) is 0 Å². The van der Waals surface area contributed by atoms with Gasteiger partial charge in [0.1, 0.15) is 0 Å². The summed E-state index contributed by atoms with van der Waals surface area (Å²) in [5.41, 5.74) is 2.61. The zero-order chi connectivity index (χ0) is 9.64. The van der Waals surface area contributed by atoms with E-state index in [1.807, 2.05) is 6.08 Å². The lowest BCUT2D eigenvalue weighted by Crippen LogP contribution is -2.16. The Balaban J connectivity index is 1.88. The van der Waals surface area contributed by atoms with Crippen LogP contribution in [-0.2, 0) is 6.42 Å². The Bertz CT molecular complexity index is 336. The maximum Gasteiger partial charge on any atom is 0.0331 e. The first-order chi connectivity index (χ1) is 6.95. The standard InChI is InChI=1S/C13H14N/c1-2-6-12(7-3-1)9-10-13-8-4-5-11-14-13/h1-7,14H,9-11H2. The van der Waals surface area contributed by atoms with E-state index in [4.69, 9.17) is 0 Å². The van der Waals surface area contributed by atoms with E-state index in [1.165, 1.54) is 11.3 Å². The molecule has 0 aliphatic carbocycles. The summed E-state index contributed by atoms with van der Waals surface area (Å²) in [6.07, 6.45) is 9.42. The van der Waals surface area contributed by atoms with Gasteiger partial charge >= 0.3 is 0 Å². The minimum absolute atomic E-state index is 0.942. The van der Waals surface area contributed by atoms with Crippen LogP contribution >= 0.6 is 0 Å². The van der Waals surface area contributed by atoms with Crippen molar-refractivity contribution >= 4 is 0 Å². The molecule has 1 heteroatoms. The third-order valence-electron chi connectivity index (χ3n) is 2.32. The normalized spacial score (nSPS) is 14.7. The van der Waals surface area contributed by atoms with Gasteiger partial charge in [-0.05, 0) is 18.4 Å². The van der Waals surface area contributed by atoms with Crippen LogP contribution in [0.25, 0.3) is 0 Å². The fraction of sp³-hybridized carbons (Fsp3) is 0.231. The molecule has 2 rings (SSSR count). The van der Waals surface area contributed by atoms with Gasteiger partial charge in [0.05, 0.1) is 0 Å². The summed E-state index contributed by atoms with van der Waals surface area (Å²) >= 11 is 0. The Morgan fingerprint density at radius 1 is 1.14 bits per heavy atom. The molecule has 71 valence electrons. The second kappa shape index (κ2) is 4.66. The molecule has 1 aliphatic rings. The van der Waals surface area contributed by atoms with Gasteiger partial charge in [-0.15, -0.1) is 0 Å². The number of aryl methyl sites for hydroxylation is 1. The second-order valence-electron chi connectivity index (χ2n) is 3.39. The number of hydrogen-bond donors (Lipinski definition) is 1. The lowest BCUT2D eigenvalue weighted by Gasteiger charge is -2.11. The fourth-order valence-electron chi connectivity index (χ4n) is 1.53. The SMILES string of the molecule is [C]1=C(CCc2ccccc2)NCC=C1. The van der Waals surface area contributed by atoms with Gasteiger partial charge in [0.2, 0.25) is 0 Å². The fourth-order valence-corrected chi connectivity index (χ4v) is 1.53. The third-order valence-corrected chi connectivity index (χ3v) is 2.32. The molecule has 0 fully saturated rings. The largest absolute Gasteiger partial charge is 0.384 e. The highest BCUT2D eigenvalue weighted by molar-refractivity contribution is 5.18. The summed E-state index contributed by atoms with van der Waals surface area (Å²) in [4.78, 5) is 0. The molecule has 1 aliphatic heterocycles. The van der Waals surface area contributed by atoms with Gasteiger partial charge in [-0.3, -0.25) is 0 Å². The van der Waals surface area contributed by atoms with Crippen LogP contribution in [0.5, 0.6) is 0 Å². The second-order valence-corrected chi connectivity index (χ2v) is 3.39. The van der Waals surface area contributed by atoms with Crippen molar-refractivity contribution in [1.82, 2.24) is 5.32 Å². The topological polar surface area (TPSA) is 12.0 Å². The van der Waals surface area contributed by atoms with Crippen molar-refractivity contribution in [2.24, 2.45) is 0 Å². The average Bonchev–Trinajstić information content (AvgIpc) is 2.29. The molecule has 1 aromatic rings. The van der Waals surface area contributed by atoms with Crippen molar-refractivity contribution in [3.05, 3.63) is 59.8 Å². The summed E-state index contributed by atoms with van der Waals surface area (Å²) in [6.45, 7) is 0.942. The van der Waals surface area contributed by atoms with Gasteiger partial charge in [0.25, 0.3) is 0 Å². The third kappa shape index (κ3) is 2.49. The van der Waals surface area contributed by atoms with Gasteiger partial charge in [-0.1, -0.05) is 42.5 Å². The monoisotopic (exact) mass is 184 g/mol. The maximum atomic E-state index is 3.31. The molecular formula is C13H14N. The number of hydrogen-bond acceptors (Lipinski definition) is 1. The molecule has 0 aromatic heterocycles. The Morgan fingerprint density at radius 3 is 2.71 bits per heavy atom. The zero-order valence-electron chi connectivity index (χ0n) is 8.16.